The van der Waals surface area contributed by atoms with Crippen molar-refractivity contribution < 1.29 is 4.79 Å². The molecule has 4 aromatic rings. The van der Waals surface area contributed by atoms with Gasteiger partial charge in [0.2, 0.25) is 0 Å². The summed E-state index contributed by atoms with van der Waals surface area (Å²) in [5.74, 6) is -0.162. The number of amides is 1. The van der Waals surface area contributed by atoms with Crippen LogP contribution in [-0.4, -0.2) is 20.6 Å². The zero-order valence-electron chi connectivity index (χ0n) is 16.7. The van der Waals surface area contributed by atoms with Crippen LogP contribution in [0.3, 0.4) is 0 Å². The van der Waals surface area contributed by atoms with Gasteiger partial charge in [-0.15, -0.1) is 0 Å². The Morgan fingerprint density at radius 1 is 0.867 bits per heavy atom. The van der Waals surface area contributed by atoms with Gasteiger partial charge in [0.1, 0.15) is 0 Å². The smallest absolute Gasteiger partial charge is 0.275 e. The van der Waals surface area contributed by atoms with E-state index in [1.54, 1.807) is 19.2 Å². The van der Waals surface area contributed by atoms with Crippen LogP contribution in [0.2, 0.25) is 0 Å². The third-order valence-corrected chi connectivity index (χ3v) is 5.85. The van der Waals surface area contributed by atoms with E-state index in [1.165, 1.54) is 10.2 Å². The highest BCUT2D eigenvalue weighted by molar-refractivity contribution is 6.05. The van der Waals surface area contributed by atoms with Crippen molar-refractivity contribution in [1.29, 1.82) is 0 Å². The van der Waals surface area contributed by atoms with Crippen LogP contribution in [0.25, 0.3) is 10.8 Å². The van der Waals surface area contributed by atoms with Gasteiger partial charge < -0.3 is 4.90 Å². The number of carbonyl (C=O) groups excluding carboxylic acids is 1. The van der Waals surface area contributed by atoms with Crippen LogP contribution in [0.15, 0.2) is 83.7 Å². The molecule has 5 rings (SSSR count). The monoisotopic (exact) mass is 395 g/mol. The standard InChI is InChI=1S/C25H21N3O2/c1-27-24(29)21-14-8-7-13-20(21)23(26-27)25(30)28-16-19-12-6-5-11-18(19)15-22(28)17-9-3-2-4-10-17/h2-14,22H,15-16H2,1H3. The summed E-state index contributed by atoms with van der Waals surface area (Å²) in [6.07, 6.45) is 0.746. The Bertz CT molecular complexity index is 1310. The van der Waals surface area contributed by atoms with E-state index in [2.05, 4.69) is 29.4 Å². The van der Waals surface area contributed by atoms with E-state index in [4.69, 9.17) is 0 Å². The van der Waals surface area contributed by atoms with E-state index >= 15 is 0 Å². The first-order valence-corrected chi connectivity index (χ1v) is 10.0. The average molecular weight is 395 g/mol. The first kappa shape index (κ1) is 18.3. The molecule has 1 unspecified atom stereocenters. The van der Waals surface area contributed by atoms with Gasteiger partial charge >= 0.3 is 0 Å². The van der Waals surface area contributed by atoms with E-state index in [0.717, 1.165) is 17.5 Å². The lowest BCUT2D eigenvalue weighted by atomic mass is 9.89. The molecule has 5 nitrogen and oxygen atoms in total. The van der Waals surface area contributed by atoms with Crippen molar-refractivity contribution in [1.82, 2.24) is 14.7 Å². The zero-order valence-corrected chi connectivity index (χ0v) is 16.7. The fourth-order valence-corrected chi connectivity index (χ4v) is 4.30. The minimum atomic E-state index is -0.203. The molecule has 1 aliphatic rings. The first-order valence-electron chi connectivity index (χ1n) is 10.0. The number of fused-ring (bicyclic) bond motifs is 2. The van der Waals surface area contributed by atoms with Crippen LogP contribution < -0.4 is 5.56 Å². The molecule has 0 fully saturated rings. The Morgan fingerprint density at radius 2 is 1.50 bits per heavy atom. The highest BCUT2D eigenvalue weighted by Crippen LogP contribution is 2.34. The van der Waals surface area contributed by atoms with Gasteiger partial charge in [0, 0.05) is 19.0 Å². The lowest BCUT2D eigenvalue weighted by Crippen LogP contribution is -2.40. The van der Waals surface area contributed by atoms with Crippen LogP contribution in [0.1, 0.15) is 33.2 Å². The largest absolute Gasteiger partial charge is 0.326 e. The van der Waals surface area contributed by atoms with Crippen LogP contribution in [0.5, 0.6) is 0 Å². The van der Waals surface area contributed by atoms with Gasteiger partial charge in [0.25, 0.3) is 11.5 Å². The highest BCUT2D eigenvalue weighted by atomic mass is 16.2. The maximum atomic E-state index is 13.8. The van der Waals surface area contributed by atoms with Crippen molar-refractivity contribution in [2.24, 2.45) is 7.05 Å². The molecule has 30 heavy (non-hydrogen) atoms. The number of nitrogens with zero attached hydrogens (tertiary/aromatic N) is 3. The number of carbonyl (C=O) groups is 1. The molecule has 0 saturated heterocycles. The quantitative estimate of drug-likeness (QED) is 0.518. The number of aromatic nitrogens is 2. The van der Waals surface area contributed by atoms with Gasteiger partial charge in [0.05, 0.1) is 11.4 Å². The fourth-order valence-electron chi connectivity index (χ4n) is 4.30. The number of hydrogen-bond acceptors (Lipinski definition) is 3. The summed E-state index contributed by atoms with van der Waals surface area (Å²) >= 11 is 0. The molecule has 0 saturated carbocycles. The van der Waals surface area contributed by atoms with E-state index in [0.29, 0.717) is 23.0 Å². The normalized spacial score (nSPS) is 15.8. The molecule has 3 aromatic carbocycles. The fraction of sp³-hybridized carbons (Fsp3) is 0.160. The van der Waals surface area contributed by atoms with Crippen molar-refractivity contribution in [2.75, 3.05) is 0 Å². The summed E-state index contributed by atoms with van der Waals surface area (Å²) in [6.45, 7) is 0.507. The van der Waals surface area contributed by atoms with Gasteiger partial charge in [0.15, 0.2) is 5.69 Å². The lowest BCUT2D eigenvalue weighted by molar-refractivity contribution is 0.0631. The van der Waals surface area contributed by atoms with E-state index in [1.807, 2.05) is 47.4 Å². The SMILES string of the molecule is Cn1nc(C(=O)N2Cc3ccccc3CC2c2ccccc2)c2ccccc2c1=O. The summed E-state index contributed by atoms with van der Waals surface area (Å²) in [4.78, 5) is 28.2. The lowest BCUT2D eigenvalue weighted by Gasteiger charge is -2.37. The summed E-state index contributed by atoms with van der Waals surface area (Å²) in [7, 11) is 1.59. The summed E-state index contributed by atoms with van der Waals surface area (Å²) in [5.41, 5.74) is 3.61. The molecule has 1 aliphatic heterocycles. The number of rotatable bonds is 2. The molecule has 2 heterocycles. The molecular weight excluding hydrogens is 374 g/mol. The maximum absolute atomic E-state index is 13.8. The maximum Gasteiger partial charge on any atom is 0.275 e. The molecule has 0 radical (unpaired) electrons. The van der Waals surface area contributed by atoms with Crippen molar-refractivity contribution >= 4 is 16.7 Å². The van der Waals surface area contributed by atoms with Crippen molar-refractivity contribution in [2.45, 2.75) is 19.0 Å². The molecule has 0 N–H and O–H groups in total. The molecule has 148 valence electrons. The molecule has 1 aromatic heterocycles. The molecule has 5 heteroatoms. The second-order valence-electron chi connectivity index (χ2n) is 7.66. The topological polar surface area (TPSA) is 55.2 Å². The van der Waals surface area contributed by atoms with Crippen LogP contribution in [0.4, 0.5) is 0 Å². The first-order chi connectivity index (χ1) is 14.6. The zero-order chi connectivity index (χ0) is 20.7. The Hall–Kier alpha value is -3.73. The molecule has 1 atom stereocenters. The predicted molar refractivity (Wildman–Crippen MR) is 116 cm³/mol. The number of benzene rings is 3. The third-order valence-electron chi connectivity index (χ3n) is 5.85. The van der Waals surface area contributed by atoms with Gasteiger partial charge in [-0.3, -0.25) is 9.59 Å². The average Bonchev–Trinajstić information content (AvgIpc) is 2.80. The minimum Gasteiger partial charge on any atom is -0.326 e. The summed E-state index contributed by atoms with van der Waals surface area (Å²) in [5, 5.41) is 5.47. The Morgan fingerprint density at radius 3 is 2.27 bits per heavy atom. The van der Waals surface area contributed by atoms with Crippen LogP contribution in [-0.2, 0) is 20.0 Å². The molecule has 0 aliphatic carbocycles. The third kappa shape index (κ3) is 2.99. The molecule has 1 amide bonds. The number of aryl methyl sites for hydroxylation is 1. The van der Waals surface area contributed by atoms with Crippen LogP contribution >= 0.6 is 0 Å². The van der Waals surface area contributed by atoms with Gasteiger partial charge in [-0.1, -0.05) is 72.8 Å². The second-order valence-corrected chi connectivity index (χ2v) is 7.66. The van der Waals surface area contributed by atoms with Gasteiger partial charge in [-0.2, -0.15) is 5.10 Å². The van der Waals surface area contributed by atoms with Crippen molar-refractivity contribution in [3.05, 3.63) is 112 Å². The Balaban J connectivity index is 1.66. The minimum absolute atomic E-state index is 0.0913. The van der Waals surface area contributed by atoms with Crippen LogP contribution in [0, 0.1) is 0 Å². The molecule has 0 spiro atoms. The Labute approximate surface area is 174 Å². The summed E-state index contributed by atoms with van der Waals surface area (Å²) < 4.78 is 1.25. The number of hydrogen-bond donors (Lipinski definition) is 0. The predicted octanol–water partition coefficient (Wildman–Crippen LogP) is 3.87. The highest BCUT2D eigenvalue weighted by Gasteiger charge is 2.33. The van der Waals surface area contributed by atoms with Gasteiger partial charge in [-0.05, 0) is 29.2 Å². The molecular formula is C25H21N3O2. The molecule has 0 bridgehead atoms. The summed E-state index contributed by atoms with van der Waals surface area (Å²) in [6, 6.07) is 25.4. The van der Waals surface area contributed by atoms with E-state index < -0.39 is 0 Å². The van der Waals surface area contributed by atoms with Crippen molar-refractivity contribution in [3.8, 4) is 0 Å². The Kier molecular flexibility index (Phi) is 4.43. The van der Waals surface area contributed by atoms with Gasteiger partial charge in [-0.25, -0.2) is 4.68 Å². The van der Waals surface area contributed by atoms with E-state index in [-0.39, 0.29) is 17.5 Å². The second kappa shape index (κ2) is 7.26. The van der Waals surface area contributed by atoms with E-state index in [9.17, 15) is 9.59 Å². The van der Waals surface area contributed by atoms with Crippen molar-refractivity contribution in [3.63, 3.8) is 0 Å².